The minimum atomic E-state index is 0.242. The number of nitrogens with zero attached hydrogens (tertiary/aromatic N) is 1. The maximum Gasteiger partial charge on any atom is 0.232 e. The molecule has 0 saturated carbocycles. The third kappa shape index (κ3) is 3.66. The largest absolute Gasteiger partial charge is 0.493 e. The van der Waals surface area contributed by atoms with Gasteiger partial charge in [-0.05, 0) is 24.6 Å². The molecule has 3 aromatic rings. The summed E-state index contributed by atoms with van der Waals surface area (Å²) in [7, 11) is 1.63. The lowest BCUT2D eigenvalue weighted by molar-refractivity contribution is 0.251. The maximum atomic E-state index is 5.79. The van der Waals surface area contributed by atoms with Gasteiger partial charge in [-0.3, -0.25) is 0 Å². The number of ether oxygens (including phenoxy) is 2. The molecular weight excluding hydrogens is 302 g/mol. The number of methoxy groups -OCH3 is 1. The van der Waals surface area contributed by atoms with Crippen molar-refractivity contribution < 1.29 is 13.9 Å². The molecule has 4 heteroatoms. The standard InChI is InChI=1S/C20H19NO3/c1-3-7-15-10-11-17(18(12-15)22-2)23-14-20-21-13-19(24-20)16-8-5-4-6-9-16/h3-13H,14H2,1-2H3/b7-3+. The minimum absolute atomic E-state index is 0.242. The van der Waals surface area contributed by atoms with E-state index in [0.717, 1.165) is 16.9 Å². The Morgan fingerprint density at radius 3 is 2.67 bits per heavy atom. The zero-order chi connectivity index (χ0) is 16.8. The van der Waals surface area contributed by atoms with Crippen LogP contribution in [0.5, 0.6) is 11.5 Å². The van der Waals surface area contributed by atoms with Crippen molar-refractivity contribution in [2.24, 2.45) is 0 Å². The number of hydrogen-bond donors (Lipinski definition) is 0. The number of benzene rings is 2. The fourth-order valence-electron chi connectivity index (χ4n) is 2.35. The first-order valence-corrected chi connectivity index (χ1v) is 7.74. The molecule has 0 amide bonds. The van der Waals surface area contributed by atoms with Crippen molar-refractivity contribution in [2.45, 2.75) is 13.5 Å². The zero-order valence-electron chi connectivity index (χ0n) is 13.7. The van der Waals surface area contributed by atoms with Crippen molar-refractivity contribution in [2.75, 3.05) is 7.11 Å². The summed E-state index contributed by atoms with van der Waals surface area (Å²) >= 11 is 0. The Labute approximate surface area is 141 Å². The fraction of sp³-hybridized carbons (Fsp3) is 0.150. The molecule has 0 bridgehead atoms. The molecule has 0 radical (unpaired) electrons. The van der Waals surface area contributed by atoms with Crippen LogP contribution in [0.4, 0.5) is 0 Å². The molecule has 122 valence electrons. The lowest BCUT2D eigenvalue weighted by Gasteiger charge is -2.10. The van der Waals surface area contributed by atoms with Crippen LogP contribution in [0.3, 0.4) is 0 Å². The van der Waals surface area contributed by atoms with E-state index in [1.165, 1.54) is 0 Å². The van der Waals surface area contributed by atoms with Gasteiger partial charge < -0.3 is 13.9 Å². The summed E-state index contributed by atoms with van der Waals surface area (Å²) in [4.78, 5) is 4.27. The number of allylic oxidation sites excluding steroid dienone is 1. The Kier molecular flexibility index (Phi) is 4.96. The molecule has 3 rings (SSSR count). The maximum absolute atomic E-state index is 5.79. The molecule has 0 atom stereocenters. The van der Waals surface area contributed by atoms with Crippen LogP contribution >= 0.6 is 0 Å². The summed E-state index contributed by atoms with van der Waals surface area (Å²) < 4.78 is 16.9. The monoisotopic (exact) mass is 321 g/mol. The van der Waals surface area contributed by atoms with Crippen LogP contribution in [0.25, 0.3) is 17.4 Å². The highest BCUT2D eigenvalue weighted by Crippen LogP contribution is 2.29. The topological polar surface area (TPSA) is 44.5 Å². The van der Waals surface area contributed by atoms with E-state index < -0.39 is 0 Å². The highest BCUT2D eigenvalue weighted by atomic mass is 16.5. The molecule has 2 aromatic carbocycles. The van der Waals surface area contributed by atoms with Gasteiger partial charge in [-0.1, -0.05) is 48.6 Å². The van der Waals surface area contributed by atoms with E-state index in [-0.39, 0.29) is 6.61 Å². The first kappa shape index (κ1) is 15.9. The lowest BCUT2D eigenvalue weighted by Crippen LogP contribution is -1.98. The van der Waals surface area contributed by atoms with E-state index in [1.54, 1.807) is 13.3 Å². The van der Waals surface area contributed by atoms with Crippen LogP contribution in [0, 0.1) is 0 Å². The van der Waals surface area contributed by atoms with Crippen LogP contribution in [-0.4, -0.2) is 12.1 Å². The number of aromatic nitrogens is 1. The quantitative estimate of drug-likeness (QED) is 0.643. The lowest BCUT2D eigenvalue weighted by atomic mass is 10.2. The predicted octanol–water partition coefficient (Wildman–Crippen LogP) is 4.96. The molecule has 0 fully saturated rings. The Hall–Kier alpha value is -3.01. The smallest absolute Gasteiger partial charge is 0.232 e. The molecule has 0 saturated heterocycles. The molecule has 0 N–H and O–H groups in total. The SMILES string of the molecule is C/C=C/c1ccc(OCc2ncc(-c3ccccc3)o2)c(OC)c1. The van der Waals surface area contributed by atoms with E-state index >= 15 is 0 Å². The Balaban J connectivity index is 1.71. The first-order valence-electron chi connectivity index (χ1n) is 7.74. The molecule has 0 unspecified atom stereocenters. The van der Waals surface area contributed by atoms with Crippen molar-refractivity contribution in [3.05, 3.63) is 72.3 Å². The average molecular weight is 321 g/mol. The van der Waals surface area contributed by atoms with Crippen LogP contribution in [-0.2, 0) is 6.61 Å². The number of hydrogen-bond acceptors (Lipinski definition) is 4. The summed E-state index contributed by atoms with van der Waals surface area (Å²) in [6.45, 7) is 2.22. The third-order valence-electron chi connectivity index (χ3n) is 3.51. The number of oxazole rings is 1. The summed E-state index contributed by atoms with van der Waals surface area (Å²) in [5.74, 6) is 2.59. The van der Waals surface area contributed by atoms with Gasteiger partial charge in [0.15, 0.2) is 23.9 Å². The average Bonchev–Trinajstić information content (AvgIpc) is 3.10. The van der Waals surface area contributed by atoms with Crippen molar-refractivity contribution in [3.63, 3.8) is 0 Å². The van der Waals surface area contributed by atoms with E-state index in [1.807, 2.05) is 67.6 Å². The first-order chi connectivity index (χ1) is 11.8. The van der Waals surface area contributed by atoms with Crippen LogP contribution < -0.4 is 9.47 Å². The molecule has 1 aromatic heterocycles. The van der Waals surface area contributed by atoms with Crippen LogP contribution in [0.15, 0.2) is 65.2 Å². The highest BCUT2D eigenvalue weighted by molar-refractivity contribution is 5.56. The van der Waals surface area contributed by atoms with E-state index in [0.29, 0.717) is 17.4 Å². The summed E-state index contributed by atoms with van der Waals surface area (Å²) in [5.41, 5.74) is 2.05. The van der Waals surface area contributed by atoms with Crippen LogP contribution in [0.2, 0.25) is 0 Å². The van der Waals surface area contributed by atoms with Gasteiger partial charge in [0.05, 0.1) is 13.3 Å². The fourth-order valence-corrected chi connectivity index (χ4v) is 2.35. The van der Waals surface area contributed by atoms with Gasteiger partial charge in [0.2, 0.25) is 5.89 Å². The van der Waals surface area contributed by atoms with E-state index in [9.17, 15) is 0 Å². The van der Waals surface area contributed by atoms with Crippen LogP contribution in [0.1, 0.15) is 18.4 Å². The van der Waals surface area contributed by atoms with Gasteiger partial charge in [-0.2, -0.15) is 0 Å². The summed E-state index contributed by atoms with van der Waals surface area (Å²) in [6, 6.07) is 15.6. The second-order valence-corrected chi connectivity index (χ2v) is 5.18. The normalized spacial score (nSPS) is 10.9. The van der Waals surface area contributed by atoms with Gasteiger partial charge >= 0.3 is 0 Å². The molecule has 0 aliphatic rings. The molecule has 1 heterocycles. The van der Waals surface area contributed by atoms with Gasteiger partial charge in [-0.15, -0.1) is 0 Å². The van der Waals surface area contributed by atoms with Crippen molar-refractivity contribution in [3.8, 4) is 22.8 Å². The van der Waals surface area contributed by atoms with Gasteiger partial charge in [0.25, 0.3) is 0 Å². The van der Waals surface area contributed by atoms with E-state index in [4.69, 9.17) is 13.9 Å². The van der Waals surface area contributed by atoms with Crippen molar-refractivity contribution in [1.29, 1.82) is 0 Å². The Morgan fingerprint density at radius 1 is 1.08 bits per heavy atom. The van der Waals surface area contributed by atoms with Gasteiger partial charge in [0, 0.05) is 5.56 Å². The second kappa shape index (κ2) is 7.51. The highest BCUT2D eigenvalue weighted by Gasteiger charge is 2.09. The molecule has 0 spiro atoms. The molecule has 0 aliphatic heterocycles. The summed E-state index contributed by atoms with van der Waals surface area (Å²) in [5, 5.41) is 0. The zero-order valence-corrected chi connectivity index (χ0v) is 13.7. The second-order valence-electron chi connectivity index (χ2n) is 5.18. The number of rotatable bonds is 6. The van der Waals surface area contributed by atoms with Gasteiger partial charge in [-0.25, -0.2) is 4.98 Å². The Morgan fingerprint density at radius 2 is 1.92 bits per heavy atom. The van der Waals surface area contributed by atoms with Crippen molar-refractivity contribution >= 4 is 6.08 Å². The van der Waals surface area contributed by atoms with Crippen molar-refractivity contribution in [1.82, 2.24) is 4.98 Å². The molecule has 4 nitrogen and oxygen atoms in total. The molecule has 0 aliphatic carbocycles. The van der Waals surface area contributed by atoms with E-state index in [2.05, 4.69) is 4.98 Å². The Bertz CT molecular complexity index is 822. The summed E-state index contributed by atoms with van der Waals surface area (Å²) in [6.07, 6.45) is 5.69. The predicted molar refractivity (Wildman–Crippen MR) is 94.0 cm³/mol. The minimum Gasteiger partial charge on any atom is -0.493 e. The third-order valence-corrected chi connectivity index (χ3v) is 3.51. The molecule has 24 heavy (non-hydrogen) atoms. The van der Waals surface area contributed by atoms with Gasteiger partial charge in [0.1, 0.15) is 0 Å². The molecular formula is C20H19NO3.